The lowest BCUT2D eigenvalue weighted by molar-refractivity contribution is -0.113. The van der Waals surface area contributed by atoms with Gasteiger partial charge in [-0.15, -0.1) is 0 Å². The van der Waals surface area contributed by atoms with E-state index in [1.807, 2.05) is 85.8 Å². The zero-order valence-corrected chi connectivity index (χ0v) is 19.5. The lowest BCUT2D eigenvalue weighted by atomic mass is 9.91. The van der Waals surface area contributed by atoms with Crippen LogP contribution in [0, 0.1) is 6.92 Å². The number of carbonyl (C=O) groups is 1. The molecule has 1 amide bonds. The average molecular weight is 458 g/mol. The summed E-state index contributed by atoms with van der Waals surface area (Å²) in [6.45, 7) is 4.67. The maximum absolute atomic E-state index is 13.7. The molecule has 0 aliphatic carbocycles. The normalized spacial score (nSPS) is 15.5. The molecule has 4 rings (SSSR count). The molecule has 3 aromatic rings. The number of carbonyl (C=O) groups excluding carboxylic acids is 1. The third-order valence-corrected chi connectivity index (χ3v) is 5.60. The van der Waals surface area contributed by atoms with Gasteiger partial charge in [0.05, 0.1) is 23.9 Å². The highest BCUT2D eigenvalue weighted by Gasteiger charge is 2.33. The lowest BCUT2D eigenvalue weighted by Gasteiger charge is -2.32. The molecule has 168 valence electrons. The molecule has 1 heterocycles. The van der Waals surface area contributed by atoms with Crippen LogP contribution in [0.3, 0.4) is 0 Å². The van der Waals surface area contributed by atoms with Gasteiger partial charge in [-0.25, -0.2) is 0 Å². The molecule has 1 aliphatic rings. The highest BCUT2D eigenvalue weighted by atomic mass is 32.1. The van der Waals surface area contributed by atoms with E-state index in [-0.39, 0.29) is 5.91 Å². The van der Waals surface area contributed by atoms with Crippen molar-refractivity contribution in [2.24, 2.45) is 0 Å². The van der Waals surface area contributed by atoms with Crippen molar-refractivity contribution in [1.82, 2.24) is 10.6 Å². The summed E-state index contributed by atoms with van der Waals surface area (Å²) >= 11 is 5.55. The van der Waals surface area contributed by atoms with E-state index in [0.717, 1.165) is 34.5 Å². The Kier molecular flexibility index (Phi) is 7.05. The molecular formula is C27H27N3O2S. The predicted octanol–water partition coefficient (Wildman–Crippen LogP) is 5.35. The Hall–Kier alpha value is -3.64. The molecular weight excluding hydrogens is 430 g/mol. The Morgan fingerprint density at radius 3 is 2.42 bits per heavy atom. The number of aryl methyl sites for hydroxylation is 1. The summed E-state index contributed by atoms with van der Waals surface area (Å²) in [4.78, 5) is 13.7. The van der Waals surface area contributed by atoms with Gasteiger partial charge in [0.15, 0.2) is 5.11 Å². The first-order valence-electron chi connectivity index (χ1n) is 11.0. The fourth-order valence-corrected chi connectivity index (χ4v) is 3.99. The van der Waals surface area contributed by atoms with Gasteiger partial charge in [0.2, 0.25) is 0 Å². The van der Waals surface area contributed by atoms with Crippen LogP contribution in [-0.4, -0.2) is 17.6 Å². The van der Waals surface area contributed by atoms with E-state index >= 15 is 0 Å². The quantitative estimate of drug-likeness (QED) is 0.417. The number of hydrogen-bond donors (Lipinski definition) is 3. The van der Waals surface area contributed by atoms with E-state index in [0.29, 0.717) is 23.0 Å². The number of ether oxygens (including phenoxy) is 1. The average Bonchev–Trinajstić information content (AvgIpc) is 2.84. The number of hydrogen-bond acceptors (Lipinski definition) is 3. The minimum absolute atomic E-state index is 0.212. The molecule has 3 N–H and O–H groups in total. The van der Waals surface area contributed by atoms with Gasteiger partial charge in [-0.2, -0.15) is 0 Å². The van der Waals surface area contributed by atoms with Crippen LogP contribution in [0.5, 0.6) is 5.75 Å². The number of anilines is 1. The Morgan fingerprint density at radius 1 is 1.00 bits per heavy atom. The number of thiocarbonyl (C=S) groups is 1. The smallest absolute Gasteiger partial charge is 0.256 e. The maximum Gasteiger partial charge on any atom is 0.256 e. The molecule has 0 saturated heterocycles. The van der Waals surface area contributed by atoms with Crippen molar-refractivity contribution in [3.63, 3.8) is 0 Å². The third kappa shape index (κ3) is 5.23. The second-order valence-corrected chi connectivity index (χ2v) is 8.30. The van der Waals surface area contributed by atoms with Crippen molar-refractivity contribution in [3.8, 4) is 5.75 Å². The number of benzene rings is 3. The summed E-state index contributed by atoms with van der Waals surface area (Å²) in [6, 6.07) is 24.8. The van der Waals surface area contributed by atoms with Gasteiger partial charge in [-0.05, 0) is 49.3 Å². The van der Waals surface area contributed by atoms with E-state index in [4.69, 9.17) is 17.0 Å². The molecule has 0 bridgehead atoms. The Balaban J connectivity index is 1.83. The Morgan fingerprint density at radius 2 is 1.70 bits per heavy atom. The van der Waals surface area contributed by atoms with Crippen LogP contribution in [0.15, 0.2) is 84.4 Å². The first kappa shape index (κ1) is 22.6. The minimum Gasteiger partial charge on any atom is -0.493 e. The monoisotopic (exact) mass is 457 g/mol. The molecule has 6 heteroatoms. The highest BCUT2D eigenvalue weighted by molar-refractivity contribution is 7.80. The molecule has 0 radical (unpaired) electrons. The topological polar surface area (TPSA) is 62.4 Å². The van der Waals surface area contributed by atoms with Gasteiger partial charge in [0.25, 0.3) is 5.91 Å². The highest BCUT2D eigenvalue weighted by Crippen LogP contribution is 2.36. The molecule has 0 saturated carbocycles. The second kappa shape index (κ2) is 10.3. The van der Waals surface area contributed by atoms with Crippen LogP contribution < -0.4 is 20.7 Å². The standard InChI is InChI=1S/C27H27N3O2S/c1-3-17-32-22-12-8-7-11-21(22)25-23(26(31)28-20-15-13-18(2)14-16-20)24(29-27(33)30-25)19-9-5-4-6-10-19/h4-16,25H,3,17H2,1-2H3,(H,28,31)(H2,29,30,33)/t25-/m1/s1. The van der Waals surface area contributed by atoms with Gasteiger partial charge < -0.3 is 20.7 Å². The molecule has 0 fully saturated rings. The van der Waals surface area contributed by atoms with Crippen molar-refractivity contribution in [2.75, 3.05) is 11.9 Å². The first-order chi connectivity index (χ1) is 16.1. The molecule has 5 nitrogen and oxygen atoms in total. The molecule has 0 aromatic heterocycles. The number of rotatable bonds is 7. The summed E-state index contributed by atoms with van der Waals surface area (Å²) in [7, 11) is 0. The predicted molar refractivity (Wildman–Crippen MR) is 137 cm³/mol. The van der Waals surface area contributed by atoms with E-state index in [1.54, 1.807) is 0 Å². The van der Waals surface area contributed by atoms with Crippen molar-refractivity contribution < 1.29 is 9.53 Å². The largest absolute Gasteiger partial charge is 0.493 e. The van der Waals surface area contributed by atoms with Gasteiger partial charge in [0.1, 0.15) is 5.75 Å². The zero-order chi connectivity index (χ0) is 23.2. The Bertz CT molecular complexity index is 1170. The van der Waals surface area contributed by atoms with Crippen LogP contribution in [-0.2, 0) is 4.79 Å². The minimum atomic E-state index is -0.479. The van der Waals surface area contributed by atoms with Crippen LogP contribution >= 0.6 is 12.2 Å². The Labute approximate surface area is 199 Å². The maximum atomic E-state index is 13.7. The molecule has 3 aromatic carbocycles. The first-order valence-corrected chi connectivity index (χ1v) is 11.4. The van der Waals surface area contributed by atoms with Crippen LogP contribution in [0.2, 0.25) is 0 Å². The fraction of sp³-hybridized carbons (Fsp3) is 0.185. The van der Waals surface area contributed by atoms with Crippen LogP contribution in [0.4, 0.5) is 5.69 Å². The molecule has 0 unspecified atom stereocenters. The SMILES string of the molecule is CCCOc1ccccc1[C@H]1NC(=S)NC(c2ccccc2)=C1C(=O)Nc1ccc(C)cc1. The van der Waals surface area contributed by atoms with Gasteiger partial charge in [-0.3, -0.25) is 4.79 Å². The van der Waals surface area contributed by atoms with Crippen LogP contribution in [0.25, 0.3) is 5.70 Å². The van der Waals surface area contributed by atoms with Gasteiger partial charge in [-0.1, -0.05) is 73.2 Å². The molecule has 1 aliphatic heterocycles. The van der Waals surface area contributed by atoms with Gasteiger partial charge >= 0.3 is 0 Å². The van der Waals surface area contributed by atoms with E-state index in [1.165, 1.54) is 0 Å². The van der Waals surface area contributed by atoms with E-state index in [2.05, 4.69) is 22.9 Å². The van der Waals surface area contributed by atoms with Crippen molar-refractivity contribution >= 4 is 34.6 Å². The number of para-hydroxylation sites is 1. The van der Waals surface area contributed by atoms with E-state index < -0.39 is 6.04 Å². The summed E-state index contributed by atoms with van der Waals surface area (Å²) in [5.74, 6) is 0.519. The fourth-order valence-electron chi connectivity index (χ4n) is 3.77. The van der Waals surface area contributed by atoms with Crippen molar-refractivity contribution in [3.05, 3.63) is 101 Å². The summed E-state index contributed by atoms with van der Waals surface area (Å²) in [6.07, 6.45) is 0.887. The van der Waals surface area contributed by atoms with Gasteiger partial charge in [0, 0.05) is 11.3 Å². The third-order valence-electron chi connectivity index (χ3n) is 5.38. The summed E-state index contributed by atoms with van der Waals surface area (Å²) < 4.78 is 6.02. The number of amides is 1. The van der Waals surface area contributed by atoms with Crippen LogP contribution in [0.1, 0.15) is 36.1 Å². The molecule has 0 spiro atoms. The lowest BCUT2D eigenvalue weighted by Crippen LogP contribution is -2.45. The van der Waals surface area contributed by atoms with E-state index in [9.17, 15) is 4.79 Å². The molecule has 33 heavy (non-hydrogen) atoms. The number of nitrogens with one attached hydrogen (secondary N) is 3. The van der Waals surface area contributed by atoms with Crippen molar-refractivity contribution in [1.29, 1.82) is 0 Å². The second-order valence-electron chi connectivity index (χ2n) is 7.89. The summed E-state index contributed by atoms with van der Waals surface area (Å²) in [5, 5.41) is 10.0. The van der Waals surface area contributed by atoms with Crippen molar-refractivity contribution in [2.45, 2.75) is 26.3 Å². The molecule has 1 atom stereocenters. The summed E-state index contributed by atoms with van der Waals surface area (Å²) in [5.41, 5.74) is 4.82. The zero-order valence-electron chi connectivity index (χ0n) is 18.7.